The molecular weight excluding hydrogens is 240 g/mol. The first-order valence-electron chi connectivity index (χ1n) is 6.34. The van der Waals surface area contributed by atoms with E-state index in [-0.39, 0.29) is 48.9 Å². The van der Waals surface area contributed by atoms with E-state index in [1.54, 1.807) is 6.92 Å². The van der Waals surface area contributed by atoms with Crippen molar-refractivity contribution >= 4 is 11.9 Å². The fraction of sp³-hybridized carbons (Fsp3) is 0.833. The summed E-state index contributed by atoms with van der Waals surface area (Å²) in [4.78, 5) is 22.4. The number of hydrogen-bond acceptors (Lipinski definition) is 6. The Kier molecular flexibility index (Phi) is 2.99. The number of carbonyl (C=O) groups is 2. The minimum Gasteiger partial charge on any atom is -0.463 e. The first-order chi connectivity index (χ1) is 8.70. The van der Waals surface area contributed by atoms with Crippen molar-refractivity contribution in [3.63, 3.8) is 0 Å². The van der Waals surface area contributed by atoms with E-state index in [9.17, 15) is 9.59 Å². The monoisotopic (exact) mass is 256 g/mol. The molecule has 0 saturated carbocycles. The van der Waals surface area contributed by atoms with Gasteiger partial charge in [-0.25, -0.2) is 0 Å². The van der Waals surface area contributed by atoms with Gasteiger partial charge in [-0.15, -0.1) is 0 Å². The summed E-state index contributed by atoms with van der Waals surface area (Å²) in [6, 6.07) is 0. The lowest BCUT2D eigenvalue weighted by Gasteiger charge is -2.22. The summed E-state index contributed by atoms with van der Waals surface area (Å²) in [5.41, 5.74) is 0. The van der Waals surface area contributed by atoms with Crippen LogP contribution in [0.3, 0.4) is 0 Å². The van der Waals surface area contributed by atoms with Crippen molar-refractivity contribution in [3.05, 3.63) is 0 Å². The molecule has 3 aliphatic rings. The molecule has 3 heterocycles. The van der Waals surface area contributed by atoms with E-state index in [4.69, 9.17) is 18.9 Å². The lowest BCUT2D eigenvalue weighted by atomic mass is 9.88. The van der Waals surface area contributed by atoms with E-state index in [1.165, 1.54) is 0 Å². The van der Waals surface area contributed by atoms with E-state index < -0.39 is 0 Å². The van der Waals surface area contributed by atoms with E-state index in [0.717, 1.165) is 0 Å². The van der Waals surface area contributed by atoms with Gasteiger partial charge in [0.1, 0.15) is 18.8 Å². The second kappa shape index (κ2) is 4.51. The van der Waals surface area contributed by atoms with Crippen LogP contribution in [-0.2, 0) is 28.5 Å². The average molecular weight is 256 g/mol. The molecule has 4 unspecified atom stereocenters. The second-order valence-electron chi connectivity index (χ2n) is 4.79. The summed E-state index contributed by atoms with van der Waals surface area (Å²) in [5.74, 6) is -0.510. The molecule has 0 aromatic carbocycles. The Morgan fingerprint density at radius 3 is 3.00 bits per heavy atom. The molecule has 6 heteroatoms. The maximum Gasteiger partial charge on any atom is 0.312 e. The molecule has 2 bridgehead atoms. The number of rotatable bonds is 5. The van der Waals surface area contributed by atoms with Crippen molar-refractivity contribution < 1.29 is 28.5 Å². The summed E-state index contributed by atoms with van der Waals surface area (Å²) in [6.45, 7) is 2.28. The van der Waals surface area contributed by atoms with Crippen molar-refractivity contribution in [2.24, 2.45) is 5.92 Å². The summed E-state index contributed by atoms with van der Waals surface area (Å²) in [5, 5.41) is 0. The summed E-state index contributed by atoms with van der Waals surface area (Å²) >= 11 is 0. The first-order valence-corrected chi connectivity index (χ1v) is 6.34. The maximum absolute atomic E-state index is 11.5. The highest BCUT2D eigenvalue weighted by molar-refractivity contribution is 5.77. The maximum atomic E-state index is 11.5. The molecule has 0 amide bonds. The van der Waals surface area contributed by atoms with Gasteiger partial charge in [0.05, 0.1) is 18.6 Å². The zero-order valence-electron chi connectivity index (χ0n) is 10.2. The molecule has 0 aromatic rings. The van der Waals surface area contributed by atoms with E-state index in [0.29, 0.717) is 19.4 Å². The van der Waals surface area contributed by atoms with Gasteiger partial charge < -0.3 is 18.9 Å². The number of hydrogen-bond donors (Lipinski definition) is 0. The van der Waals surface area contributed by atoms with Crippen LogP contribution in [0.5, 0.6) is 0 Å². The average Bonchev–Trinajstić information content (AvgIpc) is 2.97. The quantitative estimate of drug-likeness (QED) is 0.511. The lowest BCUT2D eigenvalue weighted by Crippen LogP contribution is -2.39. The topological polar surface area (TPSA) is 71.1 Å². The number of esters is 2. The normalized spacial score (nSPS) is 40.1. The van der Waals surface area contributed by atoms with Gasteiger partial charge in [0, 0.05) is 6.42 Å². The van der Waals surface area contributed by atoms with Gasteiger partial charge >= 0.3 is 11.9 Å². The predicted molar refractivity (Wildman–Crippen MR) is 57.6 cm³/mol. The SMILES string of the molecule is CCC(=O)OCCO[C@@H]1C2CC3C(=O)OC1C3O2. The van der Waals surface area contributed by atoms with Gasteiger partial charge in [-0.3, -0.25) is 9.59 Å². The molecule has 3 fully saturated rings. The Balaban J connectivity index is 1.47. The predicted octanol–water partition coefficient (Wildman–Crippen LogP) is 0.0375. The minimum absolute atomic E-state index is 0.0571. The minimum atomic E-state index is -0.275. The van der Waals surface area contributed by atoms with Gasteiger partial charge in [-0.05, 0) is 6.42 Å². The Morgan fingerprint density at radius 2 is 2.22 bits per heavy atom. The standard InChI is InChI=1S/C12H16O6/c1-2-8(13)15-3-4-16-10-7-5-6-9(17-7)11(10)18-12(6)14/h6-7,9-11H,2-5H2,1H3/t6?,7?,9?,10-,11?/m1/s1. The van der Waals surface area contributed by atoms with E-state index in [2.05, 4.69) is 0 Å². The molecule has 0 aromatic heterocycles. The molecule has 0 N–H and O–H groups in total. The van der Waals surface area contributed by atoms with E-state index in [1.807, 2.05) is 0 Å². The molecule has 3 saturated heterocycles. The highest BCUT2D eigenvalue weighted by Crippen LogP contribution is 2.47. The summed E-state index contributed by atoms with van der Waals surface area (Å²) in [6.07, 6.45) is 0.364. The third-order valence-electron chi connectivity index (χ3n) is 3.73. The zero-order valence-corrected chi connectivity index (χ0v) is 10.2. The fourth-order valence-electron chi connectivity index (χ4n) is 2.88. The van der Waals surface area contributed by atoms with Crippen molar-refractivity contribution in [1.82, 2.24) is 0 Å². The van der Waals surface area contributed by atoms with Crippen LogP contribution in [0.25, 0.3) is 0 Å². The molecule has 5 atom stereocenters. The van der Waals surface area contributed by atoms with Crippen LogP contribution in [0, 0.1) is 5.92 Å². The summed E-state index contributed by atoms with van der Waals surface area (Å²) in [7, 11) is 0. The zero-order chi connectivity index (χ0) is 12.7. The van der Waals surface area contributed by atoms with Crippen LogP contribution >= 0.6 is 0 Å². The fourth-order valence-corrected chi connectivity index (χ4v) is 2.88. The lowest BCUT2D eigenvalue weighted by molar-refractivity contribution is -0.149. The molecule has 18 heavy (non-hydrogen) atoms. The van der Waals surface area contributed by atoms with Crippen LogP contribution in [0.1, 0.15) is 19.8 Å². The molecule has 100 valence electrons. The largest absolute Gasteiger partial charge is 0.463 e. The van der Waals surface area contributed by atoms with Crippen LogP contribution in [0.15, 0.2) is 0 Å². The molecular formula is C12H16O6. The van der Waals surface area contributed by atoms with Gasteiger partial charge in [-0.2, -0.15) is 0 Å². The molecule has 0 spiro atoms. The van der Waals surface area contributed by atoms with Crippen LogP contribution in [0.2, 0.25) is 0 Å². The van der Waals surface area contributed by atoms with Crippen molar-refractivity contribution in [2.75, 3.05) is 13.2 Å². The Labute approximate surface area is 105 Å². The molecule has 6 nitrogen and oxygen atoms in total. The van der Waals surface area contributed by atoms with Crippen molar-refractivity contribution in [1.29, 1.82) is 0 Å². The third kappa shape index (κ3) is 1.80. The summed E-state index contributed by atoms with van der Waals surface area (Å²) < 4.78 is 21.5. The Bertz CT molecular complexity index is 368. The number of fused-ring (bicyclic) bond motifs is 1. The molecule has 0 aliphatic carbocycles. The molecule has 3 rings (SSSR count). The van der Waals surface area contributed by atoms with Gasteiger partial charge in [0.25, 0.3) is 0 Å². The van der Waals surface area contributed by atoms with Gasteiger partial charge in [0.15, 0.2) is 6.10 Å². The Hall–Kier alpha value is -1.14. The first kappa shape index (κ1) is 11.9. The second-order valence-corrected chi connectivity index (χ2v) is 4.79. The molecule has 3 aliphatic heterocycles. The van der Waals surface area contributed by atoms with Gasteiger partial charge in [0.2, 0.25) is 0 Å². The molecule has 0 radical (unpaired) electrons. The van der Waals surface area contributed by atoms with Crippen LogP contribution in [-0.4, -0.2) is 49.6 Å². The third-order valence-corrected chi connectivity index (χ3v) is 3.73. The van der Waals surface area contributed by atoms with Gasteiger partial charge in [-0.1, -0.05) is 6.92 Å². The van der Waals surface area contributed by atoms with Crippen LogP contribution in [0.4, 0.5) is 0 Å². The van der Waals surface area contributed by atoms with Crippen molar-refractivity contribution in [3.8, 4) is 0 Å². The van der Waals surface area contributed by atoms with Crippen LogP contribution < -0.4 is 0 Å². The number of carbonyl (C=O) groups excluding carboxylic acids is 2. The highest BCUT2D eigenvalue weighted by atomic mass is 16.6. The number of ether oxygens (including phenoxy) is 4. The highest BCUT2D eigenvalue weighted by Gasteiger charge is 2.64. The van der Waals surface area contributed by atoms with E-state index >= 15 is 0 Å². The van der Waals surface area contributed by atoms with Crippen molar-refractivity contribution in [2.45, 2.75) is 44.2 Å². The smallest absolute Gasteiger partial charge is 0.312 e. The Morgan fingerprint density at radius 1 is 1.39 bits per heavy atom.